The lowest BCUT2D eigenvalue weighted by atomic mass is 9.96. The molecule has 0 amide bonds. The zero-order chi connectivity index (χ0) is 8.67. The van der Waals surface area contributed by atoms with Crippen LogP contribution in [0, 0.1) is 5.92 Å². The largest absolute Gasteiger partial charge is 0.296 e. The van der Waals surface area contributed by atoms with Crippen molar-refractivity contribution >= 4 is 0 Å². The number of fused-ring (bicyclic) bond motifs is 2. The summed E-state index contributed by atoms with van der Waals surface area (Å²) in [5, 5.41) is 0. The van der Waals surface area contributed by atoms with Crippen LogP contribution in [0.15, 0.2) is 24.5 Å². The summed E-state index contributed by atoms with van der Waals surface area (Å²) in [6.45, 7) is 2.61. The second-order valence-electron chi connectivity index (χ2n) is 4.19. The molecule has 3 heterocycles. The van der Waals surface area contributed by atoms with Crippen molar-refractivity contribution in [3.05, 3.63) is 30.1 Å². The van der Waals surface area contributed by atoms with Crippen molar-refractivity contribution in [1.29, 1.82) is 0 Å². The summed E-state index contributed by atoms with van der Waals surface area (Å²) in [7, 11) is 0. The molecule has 0 radical (unpaired) electrons. The van der Waals surface area contributed by atoms with Crippen molar-refractivity contribution in [2.45, 2.75) is 18.9 Å². The SMILES string of the molecule is c1cncc(C2CC3CCN2C3)c1. The molecule has 0 saturated carbocycles. The quantitative estimate of drug-likeness (QED) is 0.646. The molecule has 2 aliphatic heterocycles. The number of hydrogen-bond acceptors (Lipinski definition) is 2. The van der Waals surface area contributed by atoms with Gasteiger partial charge in [-0.05, 0) is 36.9 Å². The highest BCUT2D eigenvalue weighted by atomic mass is 15.2. The van der Waals surface area contributed by atoms with Crippen LogP contribution in [0.5, 0.6) is 0 Å². The first-order valence-electron chi connectivity index (χ1n) is 5.07. The minimum atomic E-state index is 0.674. The van der Waals surface area contributed by atoms with Crippen LogP contribution >= 0.6 is 0 Å². The highest BCUT2D eigenvalue weighted by molar-refractivity contribution is 5.17. The number of piperidine rings is 1. The molecule has 2 heteroatoms. The van der Waals surface area contributed by atoms with E-state index in [9.17, 15) is 0 Å². The van der Waals surface area contributed by atoms with E-state index in [0.29, 0.717) is 6.04 Å². The minimum absolute atomic E-state index is 0.674. The van der Waals surface area contributed by atoms with Crippen LogP contribution in [0.3, 0.4) is 0 Å². The normalized spacial score (nSPS) is 36.8. The molecule has 2 saturated heterocycles. The van der Waals surface area contributed by atoms with Crippen molar-refractivity contribution in [2.24, 2.45) is 5.92 Å². The lowest BCUT2D eigenvalue weighted by Crippen LogP contribution is -2.22. The van der Waals surface area contributed by atoms with Crippen LogP contribution in [-0.4, -0.2) is 23.0 Å². The van der Waals surface area contributed by atoms with Crippen LogP contribution in [-0.2, 0) is 0 Å². The summed E-state index contributed by atoms with van der Waals surface area (Å²) in [4.78, 5) is 6.79. The Hall–Kier alpha value is -0.890. The lowest BCUT2D eigenvalue weighted by molar-refractivity contribution is 0.266. The third kappa shape index (κ3) is 1.17. The predicted molar refractivity (Wildman–Crippen MR) is 51.3 cm³/mol. The number of nitrogens with zero attached hydrogens (tertiary/aromatic N) is 2. The van der Waals surface area contributed by atoms with Gasteiger partial charge in [-0.3, -0.25) is 9.88 Å². The molecule has 2 fully saturated rings. The predicted octanol–water partition coefficient (Wildman–Crippen LogP) is 1.85. The van der Waals surface area contributed by atoms with Crippen LogP contribution in [0.1, 0.15) is 24.4 Å². The summed E-state index contributed by atoms with van der Waals surface area (Å²) in [6, 6.07) is 4.92. The van der Waals surface area contributed by atoms with E-state index >= 15 is 0 Å². The monoisotopic (exact) mass is 174 g/mol. The Bertz CT molecular complexity index is 296. The van der Waals surface area contributed by atoms with Gasteiger partial charge in [0.1, 0.15) is 0 Å². The molecule has 1 aromatic rings. The molecule has 0 aliphatic carbocycles. The van der Waals surface area contributed by atoms with E-state index < -0.39 is 0 Å². The van der Waals surface area contributed by atoms with E-state index in [2.05, 4.69) is 16.0 Å². The third-order valence-electron chi connectivity index (χ3n) is 3.38. The van der Waals surface area contributed by atoms with Crippen LogP contribution < -0.4 is 0 Å². The van der Waals surface area contributed by atoms with Crippen LogP contribution in [0.4, 0.5) is 0 Å². The summed E-state index contributed by atoms with van der Waals surface area (Å²) < 4.78 is 0. The van der Waals surface area contributed by atoms with Gasteiger partial charge < -0.3 is 0 Å². The molecule has 0 N–H and O–H groups in total. The molecule has 13 heavy (non-hydrogen) atoms. The topological polar surface area (TPSA) is 16.1 Å². The van der Waals surface area contributed by atoms with Gasteiger partial charge in [-0.1, -0.05) is 6.07 Å². The Balaban J connectivity index is 1.87. The molecule has 1 aromatic heterocycles. The molecule has 0 aromatic carbocycles. The highest BCUT2D eigenvalue weighted by Crippen LogP contribution is 2.41. The fourth-order valence-corrected chi connectivity index (χ4v) is 2.72. The molecule has 3 atom stereocenters. The zero-order valence-electron chi connectivity index (χ0n) is 7.69. The van der Waals surface area contributed by atoms with E-state index in [1.54, 1.807) is 0 Å². The summed E-state index contributed by atoms with van der Waals surface area (Å²) in [5.74, 6) is 0.963. The first-order valence-corrected chi connectivity index (χ1v) is 5.07. The molecule has 2 bridgehead atoms. The van der Waals surface area contributed by atoms with E-state index in [0.717, 1.165) is 5.92 Å². The number of pyridine rings is 1. The van der Waals surface area contributed by atoms with Gasteiger partial charge in [-0.15, -0.1) is 0 Å². The van der Waals surface area contributed by atoms with E-state index in [1.165, 1.54) is 31.5 Å². The van der Waals surface area contributed by atoms with Gasteiger partial charge >= 0.3 is 0 Å². The van der Waals surface area contributed by atoms with Gasteiger partial charge in [0.2, 0.25) is 0 Å². The van der Waals surface area contributed by atoms with Gasteiger partial charge in [0, 0.05) is 25.0 Å². The van der Waals surface area contributed by atoms with E-state index in [1.807, 2.05) is 18.5 Å². The van der Waals surface area contributed by atoms with Crippen LogP contribution in [0.25, 0.3) is 0 Å². The molecule has 2 aliphatic rings. The maximum absolute atomic E-state index is 4.19. The van der Waals surface area contributed by atoms with Gasteiger partial charge in [0.15, 0.2) is 0 Å². The average molecular weight is 174 g/mol. The first kappa shape index (κ1) is 7.51. The fourth-order valence-electron chi connectivity index (χ4n) is 2.72. The smallest absolute Gasteiger partial charge is 0.0366 e. The summed E-state index contributed by atoms with van der Waals surface area (Å²) in [5.41, 5.74) is 1.41. The lowest BCUT2D eigenvalue weighted by Gasteiger charge is -2.24. The second-order valence-corrected chi connectivity index (χ2v) is 4.19. The summed E-state index contributed by atoms with van der Waals surface area (Å²) in [6.07, 6.45) is 6.64. The van der Waals surface area contributed by atoms with Gasteiger partial charge in [-0.2, -0.15) is 0 Å². The van der Waals surface area contributed by atoms with Crippen molar-refractivity contribution in [3.8, 4) is 0 Å². The minimum Gasteiger partial charge on any atom is -0.296 e. The maximum Gasteiger partial charge on any atom is 0.0366 e. The molecular weight excluding hydrogens is 160 g/mol. The second kappa shape index (κ2) is 2.81. The van der Waals surface area contributed by atoms with Gasteiger partial charge in [0.25, 0.3) is 0 Å². The number of hydrogen-bond donors (Lipinski definition) is 0. The average Bonchev–Trinajstić information content (AvgIpc) is 2.80. The Morgan fingerprint density at radius 3 is 3.08 bits per heavy atom. The maximum atomic E-state index is 4.19. The zero-order valence-corrected chi connectivity index (χ0v) is 7.69. The highest BCUT2D eigenvalue weighted by Gasteiger charge is 2.37. The van der Waals surface area contributed by atoms with Crippen molar-refractivity contribution < 1.29 is 0 Å². The van der Waals surface area contributed by atoms with Gasteiger partial charge in [0.05, 0.1) is 0 Å². The summed E-state index contributed by atoms with van der Waals surface area (Å²) >= 11 is 0. The molecular formula is C11H14N2. The molecule has 3 unspecified atom stereocenters. The van der Waals surface area contributed by atoms with Crippen molar-refractivity contribution in [2.75, 3.05) is 13.1 Å². The number of rotatable bonds is 1. The Labute approximate surface area is 78.6 Å². The Morgan fingerprint density at radius 2 is 2.46 bits per heavy atom. The standard InChI is InChI=1S/C11H14N2/c1-2-10(7-12-4-1)11-6-9-3-5-13(11)8-9/h1-2,4,7,9,11H,3,5-6,8H2. The van der Waals surface area contributed by atoms with E-state index in [-0.39, 0.29) is 0 Å². The Kier molecular flexibility index (Phi) is 1.62. The molecule has 0 spiro atoms. The Morgan fingerprint density at radius 1 is 1.46 bits per heavy atom. The molecule has 68 valence electrons. The fraction of sp³-hybridized carbons (Fsp3) is 0.545. The van der Waals surface area contributed by atoms with Crippen molar-refractivity contribution in [1.82, 2.24) is 9.88 Å². The van der Waals surface area contributed by atoms with Gasteiger partial charge in [-0.25, -0.2) is 0 Å². The first-order chi connectivity index (χ1) is 6.43. The van der Waals surface area contributed by atoms with E-state index in [4.69, 9.17) is 0 Å². The third-order valence-corrected chi connectivity index (χ3v) is 3.38. The number of aromatic nitrogens is 1. The molecule has 2 nitrogen and oxygen atoms in total. The van der Waals surface area contributed by atoms with Crippen LogP contribution in [0.2, 0.25) is 0 Å². The van der Waals surface area contributed by atoms with Crippen molar-refractivity contribution in [3.63, 3.8) is 0 Å². The molecule has 3 rings (SSSR count).